The van der Waals surface area contributed by atoms with Gasteiger partial charge in [0.25, 0.3) is 0 Å². The molecule has 1 aromatic carbocycles. The number of fused-ring (bicyclic) bond motifs is 1. The predicted molar refractivity (Wildman–Crippen MR) is 111 cm³/mol. The van der Waals surface area contributed by atoms with E-state index < -0.39 is 0 Å². The van der Waals surface area contributed by atoms with Crippen LogP contribution in [0, 0.1) is 11.8 Å². The zero-order valence-corrected chi connectivity index (χ0v) is 16.8. The van der Waals surface area contributed by atoms with Crippen LogP contribution in [0.25, 0.3) is 11.0 Å². The van der Waals surface area contributed by atoms with Crippen LogP contribution in [0.2, 0.25) is 0 Å². The number of rotatable bonds is 6. The lowest BCUT2D eigenvalue weighted by molar-refractivity contribution is -0.120. The maximum Gasteiger partial charge on any atom is 0.227 e. The lowest BCUT2D eigenvalue weighted by atomic mass is 9.88. The molecule has 2 aromatic heterocycles. The Balaban J connectivity index is 1.60. The minimum Gasteiger partial charge on any atom is -0.330 e. The number of hydrogen-bond donors (Lipinski definition) is 1. The lowest BCUT2D eigenvalue weighted by Gasteiger charge is -2.20. The van der Waals surface area contributed by atoms with Gasteiger partial charge in [-0.05, 0) is 37.0 Å². The monoisotopic (exact) mass is 379 g/mol. The van der Waals surface area contributed by atoms with Gasteiger partial charge in [0.1, 0.15) is 5.82 Å². The summed E-state index contributed by atoms with van der Waals surface area (Å²) in [6.07, 6.45) is 11.1. The first kappa shape index (κ1) is 18.7. The second-order valence-electron chi connectivity index (χ2n) is 8.30. The summed E-state index contributed by atoms with van der Waals surface area (Å²) in [5, 5.41) is 3.12. The molecule has 0 atom stereocenters. The molecule has 0 radical (unpaired) electrons. The number of nitrogens with zero attached hydrogens (tertiary/aromatic N) is 4. The molecule has 0 saturated heterocycles. The highest BCUT2D eigenvalue weighted by Gasteiger charge is 2.21. The van der Waals surface area contributed by atoms with Gasteiger partial charge in [-0.1, -0.05) is 33.1 Å². The van der Waals surface area contributed by atoms with E-state index in [2.05, 4.69) is 34.8 Å². The molecule has 6 heteroatoms. The number of nitrogens with one attached hydrogen (secondary N) is 1. The van der Waals surface area contributed by atoms with Crippen molar-refractivity contribution in [3.05, 3.63) is 42.7 Å². The van der Waals surface area contributed by atoms with Crippen LogP contribution >= 0.6 is 0 Å². The van der Waals surface area contributed by atoms with Crippen molar-refractivity contribution in [2.45, 2.75) is 59.0 Å². The summed E-state index contributed by atoms with van der Waals surface area (Å²) in [6.45, 7) is 6.02. The fraction of sp³-hybridized carbons (Fsp3) is 0.500. The molecule has 0 aliphatic heterocycles. The van der Waals surface area contributed by atoms with Gasteiger partial charge in [0.05, 0.1) is 23.9 Å². The molecule has 148 valence electrons. The highest BCUT2D eigenvalue weighted by atomic mass is 16.1. The van der Waals surface area contributed by atoms with E-state index in [4.69, 9.17) is 4.98 Å². The SMILES string of the molecule is CC(C)Cn1c(Cn2ccnc2)nc2cc(NC(=O)C3CCCCC3)ccc21. The number of carbonyl (C=O) groups is 1. The van der Waals surface area contributed by atoms with Crippen LogP contribution < -0.4 is 5.32 Å². The Morgan fingerprint density at radius 3 is 2.79 bits per heavy atom. The van der Waals surface area contributed by atoms with Gasteiger partial charge in [-0.15, -0.1) is 0 Å². The Labute approximate surface area is 166 Å². The Kier molecular flexibility index (Phi) is 5.46. The van der Waals surface area contributed by atoms with E-state index in [1.165, 1.54) is 6.42 Å². The minimum atomic E-state index is 0.152. The number of amides is 1. The van der Waals surface area contributed by atoms with Crippen molar-refractivity contribution in [2.75, 3.05) is 5.32 Å². The molecule has 1 aliphatic rings. The van der Waals surface area contributed by atoms with Crippen molar-refractivity contribution in [2.24, 2.45) is 11.8 Å². The predicted octanol–water partition coefficient (Wildman–Crippen LogP) is 4.46. The largest absolute Gasteiger partial charge is 0.330 e. The van der Waals surface area contributed by atoms with E-state index in [0.29, 0.717) is 12.5 Å². The van der Waals surface area contributed by atoms with Crippen molar-refractivity contribution in [3.63, 3.8) is 0 Å². The molecule has 0 spiro atoms. The summed E-state index contributed by atoms with van der Waals surface area (Å²) in [6, 6.07) is 6.09. The fourth-order valence-corrected chi connectivity index (χ4v) is 4.10. The first-order chi connectivity index (χ1) is 13.6. The first-order valence-corrected chi connectivity index (χ1v) is 10.4. The topological polar surface area (TPSA) is 64.7 Å². The zero-order chi connectivity index (χ0) is 19.5. The summed E-state index contributed by atoms with van der Waals surface area (Å²) in [4.78, 5) is 21.6. The molecule has 3 aromatic rings. The Hall–Kier alpha value is -2.63. The molecule has 1 aliphatic carbocycles. The van der Waals surface area contributed by atoms with E-state index in [1.807, 2.05) is 29.2 Å². The van der Waals surface area contributed by atoms with Crippen LogP contribution in [-0.4, -0.2) is 25.0 Å². The number of anilines is 1. The van der Waals surface area contributed by atoms with Crippen molar-refractivity contribution in [1.82, 2.24) is 19.1 Å². The van der Waals surface area contributed by atoms with E-state index in [9.17, 15) is 4.79 Å². The van der Waals surface area contributed by atoms with Gasteiger partial charge in [-0.3, -0.25) is 4.79 Å². The third-order valence-electron chi connectivity index (χ3n) is 5.50. The van der Waals surface area contributed by atoms with Crippen LogP contribution in [0.15, 0.2) is 36.9 Å². The quantitative estimate of drug-likeness (QED) is 0.688. The molecule has 2 heterocycles. The Morgan fingerprint density at radius 2 is 2.07 bits per heavy atom. The molecule has 1 amide bonds. The van der Waals surface area contributed by atoms with Crippen LogP contribution in [0.3, 0.4) is 0 Å². The normalized spacial score (nSPS) is 15.4. The van der Waals surface area contributed by atoms with Crippen molar-refractivity contribution >= 4 is 22.6 Å². The molecule has 0 unspecified atom stereocenters. The Bertz CT molecular complexity index is 935. The molecular formula is C22H29N5O. The van der Waals surface area contributed by atoms with Crippen LogP contribution in [0.1, 0.15) is 51.8 Å². The van der Waals surface area contributed by atoms with Crippen LogP contribution in [0.4, 0.5) is 5.69 Å². The molecule has 0 bridgehead atoms. The number of hydrogen-bond acceptors (Lipinski definition) is 3. The average Bonchev–Trinajstić information content (AvgIpc) is 3.31. The van der Waals surface area contributed by atoms with Crippen molar-refractivity contribution in [1.29, 1.82) is 0 Å². The molecule has 28 heavy (non-hydrogen) atoms. The zero-order valence-electron chi connectivity index (χ0n) is 16.8. The van der Waals surface area contributed by atoms with Crippen LogP contribution in [0.5, 0.6) is 0 Å². The van der Waals surface area contributed by atoms with Gasteiger partial charge in [0, 0.05) is 30.5 Å². The minimum absolute atomic E-state index is 0.152. The highest BCUT2D eigenvalue weighted by molar-refractivity contribution is 5.94. The maximum atomic E-state index is 12.6. The van der Waals surface area contributed by atoms with E-state index >= 15 is 0 Å². The molecule has 1 fully saturated rings. The molecule has 1 N–H and O–H groups in total. The lowest BCUT2D eigenvalue weighted by Crippen LogP contribution is -2.24. The molecule has 6 nitrogen and oxygen atoms in total. The molecular weight excluding hydrogens is 350 g/mol. The second-order valence-corrected chi connectivity index (χ2v) is 8.30. The maximum absolute atomic E-state index is 12.6. The third-order valence-corrected chi connectivity index (χ3v) is 5.50. The number of aromatic nitrogens is 4. The van der Waals surface area contributed by atoms with Gasteiger partial charge < -0.3 is 14.5 Å². The number of benzene rings is 1. The van der Waals surface area contributed by atoms with Gasteiger partial charge in [0.15, 0.2) is 0 Å². The number of carbonyl (C=O) groups excluding carboxylic acids is 1. The molecule has 1 saturated carbocycles. The average molecular weight is 380 g/mol. The van der Waals surface area contributed by atoms with E-state index in [-0.39, 0.29) is 11.8 Å². The van der Waals surface area contributed by atoms with E-state index in [0.717, 1.165) is 54.8 Å². The highest BCUT2D eigenvalue weighted by Crippen LogP contribution is 2.26. The fourth-order valence-electron chi connectivity index (χ4n) is 4.10. The molecule has 4 rings (SSSR count). The standard InChI is InChI=1S/C22H29N5O/c1-16(2)13-27-20-9-8-18(24-22(28)17-6-4-3-5-7-17)12-19(20)25-21(27)14-26-11-10-23-15-26/h8-12,15-17H,3-7,13-14H2,1-2H3,(H,24,28). The summed E-state index contributed by atoms with van der Waals surface area (Å²) >= 11 is 0. The number of imidazole rings is 2. The van der Waals surface area contributed by atoms with Crippen molar-refractivity contribution < 1.29 is 4.79 Å². The van der Waals surface area contributed by atoms with Gasteiger partial charge in [-0.25, -0.2) is 9.97 Å². The first-order valence-electron chi connectivity index (χ1n) is 10.4. The van der Waals surface area contributed by atoms with Crippen molar-refractivity contribution in [3.8, 4) is 0 Å². The van der Waals surface area contributed by atoms with Gasteiger partial charge >= 0.3 is 0 Å². The third kappa shape index (κ3) is 4.11. The summed E-state index contributed by atoms with van der Waals surface area (Å²) in [5.41, 5.74) is 2.88. The van der Waals surface area contributed by atoms with E-state index in [1.54, 1.807) is 6.20 Å². The second kappa shape index (κ2) is 8.17. The summed E-state index contributed by atoms with van der Waals surface area (Å²) in [7, 11) is 0. The smallest absolute Gasteiger partial charge is 0.227 e. The Morgan fingerprint density at radius 1 is 1.25 bits per heavy atom. The van der Waals surface area contributed by atoms with Crippen LogP contribution in [-0.2, 0) is 17.9 Å². The van der Waals surface area contributed by atoms with Gasteiger partial charge in [0.2, 0.25) is 5.91 Å². The van der Waals surface area contributed by atoms with Gasteiger partial charge in [-0.2, -0.15) is 0 Å². The summed E-state index contributed by atoms with van der Waals surface area (Å²) < 4.78 is 4.32. The summed E-state index contributed by atoms with van der Waals surface area (Å²) in [5.74, 6) is 1.83.